The van der Waals surface area contributed by atoms with Crippen molar-refractivity contribution in [2.75, 3.05) is 31.2 Å². The van der Waals surface area contributed by atoms with Crippen molar-refractivity contribution in [1.82, 2.24) is 10.4 Å². The van der Waals surface area contributed by atoms with E-state index in [1.165, 1.54) is 0 Å². The summed E-state index contributed by atoms with van der Waals surface area (Å²) in [6, 6.07) is -0.0776. The summed E-state index contributed by atoms with van der Waals surface area (Å²) in [5.74, 6) is 1.43. The Morgan fingerprint density at radius 1 is 1.55 bits per heavy atom. The molecular formula is C12H22N2O4S2. The van der Waals surface area contributed by atoms with Gasteiger partial charge in [-0.15, -0.1) is 0 Å². The van der Waals surface area contributed by atoms with Crippen LogP contribution in [-0.4, -0.2) is 54.4 Å². The largest absolute Gasteiger partial charge is 0.533 e. The molecule has 0 saturated carbocycles. The van der Waals surface area contributed by atoms with Crippen molar-refractivity contribution in [3.8, 4) is 0 Å². The molecule has 1 fully saturated rings. The number of rotatable bonds is 9. The molecule has 0 aromatic rings. The molecule has 0 radical (unpaired) electrons. The normalized spacial score (nSPS) is 19.1. The van der Waals surface area contributed by atoms with Gasteiger partial charge in [0.15, 0.2) is 0 Å². The van der Waals surface area contributed by atoms with Gasteiger partial charge in [-0.2, -0.15) is 5.06 Å². The fourth-order valence-corrected chi connectivity index (χ4v) is 3.34. The number of carbonyl (C=O) groups is 2. The van der Waals surface area contributed by atoms with Gasteiger partial charge < -0.3 is 14.9 Å². The summed E-state index contributed by atoms with van der Waals surface area (Å²) in [5.41, 5.74) is 0. The van der Waals surface area contributed by atoms with Gasteiger partial charge in [-0.3, -0.25) is 4.79 Å². The first-order valence-corrected chi connectivity index (χ1v) is 9.05. The van der Waals surface area contributed by atoms with Crippen LogP contribution in [0.3, 0.4) is 0 Å². The van der Waals surface area contributed by atoms with Crippen LogP contribution in [0.1, 0.15) is 28.0 Å². The Labute approximate surface area is 129 Å². The number of hydroxylamine groups is 2. The summed E-state index contributed by atoms with van der Waals surface area (Å²) in [6.07, 6.45) is 0.294. The molecule has 0 aromatic carbocycles. The average molecular weight is 324 g/mol. The minimum atomic E-state index is -0.820. The molecule has 20 heavy (non-hydrogen) atoms. The highest BCUT2D eigenvalue weighted by molar-refractivity contribution is 8.76. The van der Waals surface area contributed by atoms with E-state index in [-0.39, 0.29) is 18.6 Å². The first-order chi connectivity index (χ1) is 10.1. The Morgan fingerprint density at radius 3 is 3.05 bits per heavy atom. The van der Waals surface area contributed by atoms with E-state index < -0.39 is 6.16 Å². The number of carbonyl (C=O) groups excluding carboxylic acids is 2. The van der Waals surface area contributed by atoms with Gasteiger partial charge in [-0.25, -0.2) is 4.79 Å². The molecule has 1 saturated heterocycles. The van der Waals surface area contributed by atoms with E-state index in [2.05, 4.69) is 5.32 Å². The quantitative estimate of drug-likeness (QED) is 0.395. The average Bonchev–Trinajstić information content (AvgIpc) is 2.77. The first-order valence-electron chi connectivity index (χ1n) is 7.27. The second kappa shape index (κ2) is 10.2. The first kappa shape index (κ1) is 15.8. The van der Waals surface area contributed by atoms with E-state index in [9.17, 15) is 9.59 Å². The lowest BCUT2D eigenvalue weighted by Gasteiger charge is -2.19. The molecule has 116 valence electrons. The zero-order valence-electron chi connectivity index (χ0n) is 12.6. The van der Waals surface area contributed by atoms with Gasteiger partial charge in [0.2, 0.25) is 0 Å². The minimum Gasteiger partial charge on any atom is -0.432 e. The molecule has 0 aromatic heterocycles. The number of hydrogen-bond acceptors (Lipinski definition) is 7. The SMILES string of the molecule is [3H]CCNCCSSCCOC(=O)ON1C(=O)CCC1C. The van der Waals surface area contributed by atoms with Crippen LogP contribution in [0.15, 0.2) is 0 Å². The van der Waals surface area contributed by atoms with Crippen molar-refractivity contribution in [1.29, 1.82) is 0 Å². The van der Waals surface area contributed by atoms with E-state index in [0.717, 1.165) is 17.4 Å². The highest BCUT2D eigenvalue weighted by Gasteiger charge is 2.31. The van der Waals surface area contributed by atoms with Crippen molar-refractivity contribution < 1.29 is 20.5 Å². The van der Waals surface area contributed by atoms with Crippen LogP contribution in [0.2, 0.25) is 0 Å². The van der Waals surface area contributed by atoms with E-state index in [0.29, 0.717) is 32.0 Å². The van der Waals surface area contributed by atoms with Gasteiger partial charge in [0.05, 0.1) is 6.04 Å². The third kappa shape index (κ3) is 6.71. The van der Waals surface area contributed by atoms with E-state index in [1.807, 2.05) is 6.92 Å². The Hall–Kier alpha value is -0.600. The van der Waals surface area contributed by atoms with Gasteiger partial charge in [-0.1, -0.05) is 28.5 Å². The molecule has 8 heteroatoms. The Balaban J connectivity index is 1.95. The molecular weight excluding hydrogens is 300 g/mol. The predicted molar refractivity (Wildman–Crippen MR) is 81.4 cm³/mol. The van der Waals surface area contributed by atoms with E-state index in [1.54, 1.807) is 21.6 Å². The number of nitrogens with one attached hydrogen (secondary N) is 1. The molecule has 0 bridgehead atoms. The van der Waals surface area contributed by atoms with Gasteiger partial charge in [-0.05, 0) is 19.9 Å². The fraction of sp³-hybridized carbons (Fsp3) is 0.833. The number of nitrogens with zero attached hydrogens (tertiary/aromatic N) is 1. The van der Waals surface area contributed by atoms with Crippen molar-refractivity contribution >= 4 is 33.7 Å². The summed E-state index contributed by atoms with van der Waals surface area (Å²) in [5, 5.41) is 4.23. The van der Waals surface area contributed by atoms with Crippen molar-refractivity contribution in [2.24, 2.45) is 0 Å². The van der Waals surface area contributed by atoms with E-state index >= 15 is 0 Å². The molecule has 0 aliphatic carbocycles. The third-order valence-electron chi connectivity index (χ3n) is 2.60. The highest BCUT2D eigenvalue weighted by Crippen LogP contribution is 2.20. The third-order valence-corrected chi connectivity index (χ3v) is 4.97. The zero-order valence-corrected chi connectivity index (χ0v) is 13.3. The lowest BCUT2D eigenvalue weighted by molar-refractivity contribution is -0.172. The molecule has 1 unspecified atom stereocenters. The van der Waals surface area contributed by atoms with Crippen molar-refractivity contribution in [2.45, 2.75) is 32.7 Å². The van der Waals surface area contributed by atoms with Crippen LogP contribution in [0.25, 0.3) is 0 Å². The smallest absolute Gasteiger partial charge is 0.432 e. The summed E-state index contributed by atoms with van der Waals surface area (Å²) in [4.78, 5) is 27.7. The minimum absolute atomic E-state index is 0.0776. The highest BCUT2D eigenvalue weighted by atomic mass is 33.1. The molecule has 1 atom stereocenters. The molecule has 6 nitrogen and oxygen atoms in total. The van der Waals surface area contributed by atoms with Crippen molar-refractivity contribution in [3.63, 3.8) is 0 Å². The van der Waals surface area contributed by atoms with Gasteiger partial charge in [0.25, 0.3) is 5.91 Å². The van der Waals surface area contributed by atoms with Crippen LogP contribution in [-0.2, 0) is 14.4 Å². The maximum absolute atomic E-state index is 11.4. The molecule has 1 N–H and O–H groups in total. The second-order valence-corrected chi connectivity index (χ2v) is 6.89. The van der Waals surface area contributed by atoms with Gasteiger partial charge >= 0.3 is 6.16 Å². The lowest BCUT2D eigenvalue weighted by Crippen LogP contribution is -2.34. The monoisotopic (exact) mass is 324 g/mol. The van der Waals surface area contributed by atoms with Gasteiger partial charge in [0.1, 0.15) is 6.61 Å². The van der Waals surface area contributed by atoms with Crippen molar-refractivity contribution in [3.05, 3.63) is 0 Å². The van der Waals surface area contributed by atoms with Gasteiger partial charge in [0, 0.05) is 25.8 Å². The molecule has 1 heterocycles. The van der Waals surface area contributed by atoms with Crippen LogP contribution in [0.4, 0.5) is 4.79 Å². The molecule has 1 aliphatic heterocycles. The Bertz CT molecular complexity index is 336. The standard InChI is InChI=1S/C12H22N2O4S2/c1-3-13-6-8-19-20-9-7-17-12(16)18-14-10(2)4-5-11(14)15/h10,13H,3-9H2,1-2H3/i1T. The zero-order chi connectivity index (χ0) is 15.5. The van der Waals surface area contributed by atoms with Crippen LogP contribution >= 0.6 is 21.6 Å². The molecule has 0 spiro atoms. The number of amides is 1. The van der Waals surface area contributed by atoms with Crippen LogP contribution < -0.4 is 5.32 Å². The predicted octanol–water partition coefficient (Wildman–Crippen LogP) is 2.06. The fourth-order valence-electron chi connectivity index (χ4n) is 1.57. The maximum Gasteiger partial charge on any atom is 0.533 e. The maximum atomic E-state index is 11.4. The van der Waals surface area contributed by atoms with E-state index in [4.69, 9.17) is 10.9 Å². The Kier molecular flexibility index (Phi) is 8.03. The summed E-state index contributed by atoms with van der Waals surface area (Å²) < 4.78 is 11.9. The molecule has 1 rings (SSSR count). The summed E-state index contributed by atoms with van der Waals surface area (Å²) in [6.45, 7) is 4.07. The topological polar surface area (TPSA) is 67.9 Å². The Morgan fingerprint density at radius 2 is 2.35 bits per heavy atom. The second-order valence-electron chi connectivity index (χ2n) is 4.19. The van der Waals surface area contributed by atoms with Crippen LogP contribution in [0.5, 0.6) is 0 Å². The molecule has 1 aliphatic rings. The summed E-state index contributed by atoms with van der Waals surface area (Å²) in [7, 11) is 3.30. The number of ether oxygens (including phenoxy) is 1. The summed E-state index contributed by atoms with van der Waals surface area (Å²) >= 11 is 0. The number of hydrogen-bond donors (Lipinski definition) is 1. The molecule has 1 amide bonds. The lowest BCUT2D eigenvalue weighted by atomic mass is 10.3. The van der Waals surface area contributed by atoms with Crippen LogP contribution in [0, 0.1) is 0 Å².